The second-order valence-corrected chi connectivity index (χ2v) is 5.23. The van der Waals surface area contributed by atoms with Crippen molar-refractivity contribution in [2.45, 2.75) is 32.6 Å². The monoisotopic (exact) mass is 270 g/mol. The van der Waals surface area contributed by atoms with Crippen LogP contribution in [0.1, 0.15) is 38.2 Å². The highest BCUT2D eigenvalue weighted by Gasteiger charge is 2.18. The summed E-state index contributed by atoms with van der Waals surface area (Å²) in [6.45, 7) is 4.17. The second-order valence-electron chi connectivity index (χ2n) is 4.82. The summed E-state index contributed by atoms with van der Waals surface area (Å²) in [5.41, 5.74) is 0.955. The van der Waals surface area contributed by atoms with Crippen LogP contribution in [0.5, 0.6) is 5.75 Å². The predicted molar refractivity (Wildman–Crippen MR) is 72.5 cm³/mol. The van der Waals surface area contributed by atoms with Gasteiger partial charge < -0.3 is 9.84 Å². The summed E-state index contributed by atoms with van der Waals surface area (Å²) in [5.74, 6) is 0.257. The normalized spacial score (nSPS) is 12.5. The Labute approximate surface area is 113 Å². The van der Waals surface area contributed by atoms with E-state index in [0.29, 0.717) is 16.7 Å². The highest BCUT2D eigenvalue weighted by atomic mass is 35.5. The summed E-state index contributed by atoms with van der Waals surface area (Å²) >= 11 is 6.07. The largest absolute Gasteiger partial charge is 0.495 e. The zero-order chi connectivity index (χ0) is 13.7. The summed E-state index contributed by atoms with van der Waals surface area (Å²) < 4.78 is 5.09. The van der Waals surface area contributed by atoms with E-state index >= 15 is 0 Å². The summed E-state index contributed by atoms with van der Waals surface area (Å²) in [5, 5.41) is 9.49. The first-order valence-corrected chi connectivity index (χ1v) is 6.37. The predicted octanol–water partition coefficient (Wildman–Crippen LogP) is 3.95. The van der Waals surface area contributed by atoms with E-state index in [1.54, 1.807) is 19.2 Å². The number of ether oxygens (including phenoxy) is 1. The van der Waals surface area contributed by atoms with Crippen LogP contribution in [0.4, 0.5) is 0 Å². The molecule has 1 aromatic rings. The van der Waals surface area contributed by atoms with Crippen LogP contribution in [0.15, 0.2) is 18.2 Å². The molecule has 1 aromatic carbocycles. The van der Waals surface area contributed by atoms with Crippen LogP contribution in [0, 0.1) is 5.92 Å². The standard InChI is InChI=1S/C14H19ClO3/c1-9(2)6-11(8-14(16)17)10-4-5-13(18-3)12(15)7-10/h4-5,7,9,11H,6,8H2,1-3H3,(H,16,17). The van der Waals surface area contributed by atoms with Gasteiger partial charge in [-0.1, -0.05) is 31.5 Å². The third-order valence-corrected chi connectivity index (χ3v) is 3.12. The van der Waals surface area contributed by atoms with Gasteiger partial charge in [-0.15, -0.1) is 0 Å². The molecule has 3 nitrogen and oxygen atoms in total. The van der Waals surface area contributed by atoms with Gasteiger partial charge in [0.1, 0.15) is 5.75 Å². The number of halogens is 1. The van der Waals surface area contributed by atoms with Crippen LogP contribution >= 0.6 is 11.6 Å². The molecule has 0 bridgehead atoms. The van der Waals surface area contributed by atoms with Crippen molar-refractivity contribution in [3.05, 3.63) is 28.8 Å². The summed E-state index contributed by atoms with van der Waals surface area (Å²) in [7, 11) is 1.56. The molecule has 18 heavy (non-hydrogen) atoms. The van der Waals surface area contributed by atoms with Gasteiger partial charge in [-0.05, 0) is 36.0 Å². The Morgan fingerprint density at radius 2 is 2.11 bits per heavy atom. The number of methoxy groups -OCH3 is 1. The van der Waals surface area contributed by atoms with Gasteiger partial charge in [-0.2, -0.15) is 0 Å². The summed E-state index contributed by atoms with van der Waals surface area (Å²) in [6.07, 6.45) is 0.954. The smallest absolute Gasteiger partial charge is 0.303 e. The average Bonchev–Trinajstić information content (AvgIpc) is 2.26. The van der Waals surface area contributed by atoms with E-state index in [4.69, 9.17) is 21.4 Å². The number of hydrogen-bond acceptors (Lipinski definition) is 2. The number of benzene rings is 1. The van der Waals surface area contributed by atoms with Gasteiger partial charge in [0.25, 0.3) is 0 Å². The van der Waals surface area contributed by atoms with Gasteiger partial charge in [0.2, 0.25) is 0 Å². The SMILES string of the molecule is COc1ccc(C(CC(=O)O)CC(C)C)cc1Cl. The van der Waals surface area contributed by atoms with Gasteiger partial charge in [-0.25, -0.2) is 0 Å². The lowest BCUT2D eigenvalue weighted by Crippen LogP contribution is -2.09. The maximum atomic E-state index is 10.9. The molecule has 0 aromatic heterocycles. The van der Waals surface area contributed by atoms with Crippen molar-refractivity contribution in [3.63, 3.8) is 0 Å². The molecule has 0 amide bonds. The quantitative estimate of drug-likeness (QED) is 0.851. The minimum absolute atomic E-state index is 0.00842. The van der Waals surface area contributed by atoms with Crippen LogP contribution in [0.3, 0.4) is 0 Å². The van der Waals surface area contributed by atoms with Crippen molar-refractivity contribution in [1.29, 1.82) is 0 Å². The molecule has 0 fully saturated rings. The van der Waals surface area contributed by atoms with E-state index in [2.05, 4.69) is 13.8 Å². The van der Waals surface area contributed by atoms with Crippen LogP contribution in [-0.2, 0) is 4.79 Å². The molecule has 0 saturated heterocycles. The maximum absolute atomic E-state index is 10.9. The lowest BCUT2D eigenvalue weighted by molar-refractivity contribution is -0.137. The highest BCUT2D eigenvalue weighted by molar-refractivity contribution is 6.32. The van der Waals surface area contributed by atoms with Crippen molar-refractivity contribution < 1.29 is 14.6 Å². The van der Waals surface area contributed by atoms with Gasteiger partial charge >= 0.3 is 5.97 Å². The molecule has 0 saturated carbocycles. The fourth-order valence-electron chi connectivity index (χ4n) is 2.05. The molecular formula is C14H19ClO3. The van der Waals surface area contributed by atoms with E-state index in [-0.39, 0.29) is 12.3 Å². The van der Waals surface area contributed by atoms with Gasteiger partial charge in [0, 0.05) is 0 Å². The Morgan fingerprint density at radius 1 is 1.44 bits per heavy atom. The van der Waals surface area contributed by atoms with E-state index in [1.165, 1.54) is 0 Å². The zero-order valence-corrected chi connectivity index (χ0v) is 11.7. The Kier molecular flexibility index (Phi) is 5.48. The van der Waals surface area contributed by atoms with Gasteiger partial charge in [0.05, 0.1) is 18.6 Å². The van der Waals surface area contributed by atoms with E-state index in [0.717, 1.165) is 12.0 Å². The fraction of sp³-hybridized carbons (Fsp3) is 0.500. The zero-order valence-electron chi connectivity index (χ0n) is 10.9. The average molecular weight is 271 g/mol. The number of hydrogen-bond donors (Lipinski definition) is 1. The number of rotatable bonds is 6. The number of carbonyl (C=O) groups is 1. The summed E-state index contributed by atoms with van der Waals surface area (Å²) in [6, 6.07) is 5.48. The lowest BCUT2D eigenvalue weighted by Gasteiger charge is -2.18. The van der Waals surface area contributed by atoms with Crippen LogP contribution in [0.2, 0.25) is 5.02 Å². The Balaban J connectivity index is 2.97. The Morgan fingerprint density at radius 3 is 2.56 bits per heavy atom. The topological polar surface area (TPSA) is 46.5 Å². The molecule has 0 spiro atoms. The third kappa shape index (κ3) is 4.22. The van der Waals surface area contributed by atoms with Crippen molar-refractivity contribution in [2.24, 2.45) is 5.92 Å². The van der Waals surface area contributed by atoms with Crippen LogP contribution in [0.25, 0.3) is 0 Å². The highest BCUT2D eigenvalue weighted by Crippen LogP contribution is 2.32. The molecule has 0 heterocycles. The molecule has 1 rings (SSSR count). The van der Waals surface area contributed by atoms with E-state index in [1.807, 2.05) is 6.07 Å². The first-order chi connectivity index (χ1) is 8.43. The van der Waals surface area contributed by atoms with Gasteiger partial charge in [0.15, 0.2) is 0 Å². The molecule has 0 aliphatic rings. The van der Waals surface area contributed by atoms with Crippen LogP contribution < -0.4 is 4.74 Å². The van der Waals surface area contributed by atoms with Crippen molar-refractivity contribution in [3.8, 4) is 5.75 Å². The second kappa shape index (κ2) is 6.64. The minimum Gasteiger partial charge on any atom is -0.495 e. The number of carboxylic acids is 1. The molecule has 0 radical (unpaired) electrons. The molecular weight excluding hydrogens is 252 g/mol. The first kappa shape index (κ1) is 14.8. The molecule has 1 atom stereocenters. The van der Waals surface area contributed by atoms with E-state index in [9.17, 15) is 4.79 Å². The Bertz CT molecular complexity index is 416. The van der Waals surface area contributed by atoms with Gasteiger partial charge in [-0.3, -0.25) is 4.79 Å². The molecule has 1 unspecified atom stereocenters. The third-order valence-electron chi connectivity index (χ3n) is 2.82. The Hall–Kier alpha value is -1.22. The fourth-order valence-corrected chi connectivity index (χ4v) is 2.32. The van der Waals surface area contributed by atoms with Crippen LogP contribution in [-0.4, -0.2) is 18.2 Å². The molecule has 4 heteroatoms. The van der Waals surface area contributed by atoms with E-state index < -0.39 is 5.97 Å². The first-order valence-electron chi connectivity index (χ1n) is 5.99. The number of carboxylic acid groups (broad SMARTS) is 1. The lowest BCUT2D eigenvalue weighted by atomic mass is 9.88. The molecule has 1 N–H and O–H groups in total. The minimum atomic E-state index is -0.785. The molecule has 0 aliphatic carbocycles. The van der Waals surface area contributed by atoms with Crippen molar-refractivity contribution in [2.75, 3.05) is 7.11 Å². The molecule has 0 aliphatic heterocycles. The maximum Gasteiger partial charge on any atom is 0.303 e. The van der Waals surface area contributed by atoms with Crippen molar-refractivity contribution >= 4 is 17.6 Å². The summed E-state index contributed by atoms with van der Waals surface area (Å²) in [4.78, 5) is 10.9. The van der Waals surface area contributed by atoms with Crippen molar-refractivity contribution in [1.82, 2.24) is 0 Å². The molecule has 100 valence electrons. The number of aliphatic carboxylic acids is 1.